The van der Waals surface area contributed by atoms with Gasteiger partial charge >= 0.3 is 0 Å². The molecule has 2 N–H and O–H groups in total. The average molecular weight is 263 g/mol. The highest BCUT2D eigenvalue weighted by Crippen LogP contribution is 2.12. The Labute approximate surface area is 116 Å². The van der Waals surface area contributed by atoms with E-state index in [1.807, 2.05) is 30.3 Å². The normalized spacial score (nSPS) is 12.4. The van der Waals surface area contributed by atoms with Crippen molar-refractivity contribution in [3.05, 3.63) is 35.9 Å². The summed E-state index contributed by atoms with van der Waals surface area (Å²) in [4.78, 5) is 11.7. The second-order valence-electron chi connectivity index (χ2n) is 4.93. The summed E-state index contributed by atoms with van der Waals surface area (Å²) < 4.78 is 0. The van der Waals surface area contributed by atoms with Gasteiger partial charge in [0.2, 0.25) is 5.91 Å². The third kappa shape index (κ3) is 5.88. The number of benzene rings is 1. The van der Waals surface area contributed by atoms with Crippen molar-refractivity contribution in [2.24, 2.45) is 5.92 Å². The molecule has 1 aromatic carbocycles. The number of aryl methyl sites for hydroxylation is 1. The molecule has 1 amide bonds. The quantitative estimate of drug-likeness (QED) is 0.757. The molecule has 0 spiro atoms. The smallest absolute Gasteiger partial charge is 0.220 e. The van der Waals surface area contributed by atoms with Gasteiger partial charge in [0, 0.05) is 13.0 Å². The SMILES string of the molecule is CCC(CC)C(O)CNC(=O)CCc1ccccc1. The van der Waals surface area contributed by atoms with Gasteiger partial charge in [-0.25, -0.2) is 0 Å². The standard InChI is InChI=1S/C16H25NO2/c1-3-14(4-2)15(18)12-17-16(19)11-10-13-8-6-5-7-9-13/h5-9,14-15,18H,3-4,10-12H2,1-2H3,(H,17,19). The second kappa shape index (κ2) is 8.70. The lowest BCUT2D eigenvalue weighted by atomic mass is 9.96. The molecule has 0 aromatic heterocycles. The summed E-state index contributed by atoms with van der Waals surface area (Å²) in [5.41, 5.74) is 1.16. The van der Waals surface area contributed by atoms with Gasteiger partial charge in [-0.1, -0.05) is 57.0 Å². The Morgan fingerprint density at radius 1 is 1.21 bits per heavy atom. The first-order chi connectivity index (χ1) is 9.17. The van der Waals surface area contributed by atoms with Gasteiger partial charge in [-0.3, -0.25) is 4.79 Å². The van der Waals surface area contributed by atoms with Crippen LogP contribution in [0, 0.1) is 5.92 Å². The molecule has 0 saturated heterocycles. The predicted molar refractivity (Wildman–Crippen MR) is 77.9 cm³/mol. The zero-order chi connectivity index (χ0) is 14.1. The minimum absolute atomic E-state index is 0.00820. The molecule has 0 saturated carbocycles. The molecular formula is C16H25NO2. The minimum Gasteiger partial charge on any atom is -0.391 e. The van der Waals surface area contributed by atoms with E-state index in [-0.39, 0.29) is 11.8 Å². The highest BCUT2D eigenvalue weighted by atomic mass is 16.3. The van der Waals surface area contributed by atoms with Crippen LogP contribution >= 0.6 is 0 Å². The van der Waals surface area contributed by atoms with Crippen LogP contribution in [0.1, 0.15) is 38.7 Å². The number of carbonyl (C=O) groups is 1. The first-order valence-electron chi connectivity index (χ1n) is 7.16. The van der Waals surface area contributed by atoms with Crippen LogP contribution in [0.25, 0.3) is 0 Å². The van der Waals surface area contributed by atoms with E-state index in [1.54, 1.807) is 0 Å². The van der Waals surface area contributed by atoms with Crippen molar-refractivity contribution < 1.29 is 9.90 Å². The summed E-state index contributed by atoms with van der Waals surface area (Å²) in [6, 6.07) is 9.96. The van der Waals surface area contributed by atoms with Gasteiger partial charge in [0.1, 0.15) is 0 Å². The maximum Gasteiger partial charge on any atom is 0.220 e. The van der Waals surface area contributed by atoms with Crippen LogP contribution in [0.3, 0.4) is 0 Å². The van der Waals surface area contributed by atoms with Crippen LogP contribution < -0.4 is 5.32 Å². The van der Waals surface area contributed by atoms with Crippen molar-refractivity contribution in [1.82, 2.24) is 5.32 Å². The summed E-state index contributed by atoms with van der Waals surface area (Å²) in [5.74, 6) is 0.281. The van der Waals surface area contributed by atoms with Crippen LogP contribution in [-0.4, -0.2) is 23.7 Å². The Kier molecular flexibility index (Phi) is 7.19. The van der Waals surface area contributed by atoms with E-state index in [0.29, 0.717) is 13.0 Å². The van der Waals surface area contributed by atoms with Crippen molar-refractivity contribution in [3.8, 4) is 0 Å². The molecule has 3 heteroatoms. The summed E-state index contributed by atoms with van der Waals surface area (Å²) >= 11 is 0. The summed E-state index contributed by atoms with van der Waals surface area (Å²) in [6.45, 7) is 4.49. The summed E-state index contributed by atoms with van der Waals surface area (Å²) in [6.07, 6.45) is 2.67. The molecule has 1 rings (SSSR count). The molecule has 106 valence electrons. The highest BCUT2D eigenvalue weighted by molar-refractivity contribution is 5.76. The van der Waals surface area contributed by atoms with Crippen LogP contribution in [0.15, 0.2) is 30.3 Å². The fraction of sp³-hybridized carbons (Fsp3) is 0.562. The van der Waals surface area contributed by atoms with Gasteiger partial charge in [-0.05, 0) is 17.9 Å². The number of hydrogen-bond acceptors (Lipinski definition) is 2. The number of aliphatic hydroxyl groups excluding tert-OH is 1. The van der Waals surface area contributed by atoms with Gasteiger partial charge < -0.3 is 10.4 Å². The van der Waals surface area contributed by atoms with Crippen molar-refractivity contribution in [1.29, 1.82) is 0 Å². The lowest BCUT2D eigenvalue weighted by Crippen LogP contribution is -2.36. The molecular weight excluding hydrogens is 238 g/mol. The van der Waals surface area contributed by atoms with E-state index in [0.717, 1.165) is 24.8 Å². The molecule has 0 radical (unpaired) electrons. The number of rotatable bonds is 8. The van der Waals surface area contributed by atoms with Gasteiger partial charge in [-0.2, -0.15) is 0 Å². The Morgan fingerprint density at radius 2 is 1.84 bits per heavy atom. The van der Waals surface area contributed by atoms with Crippen molar-refractivity contribution in [2.75, 3.05) is 6.54 Å². The largest absolute Gasteiger partial charge is 0.391 e. The Morgan fingerprint density at radius 3 is 2.42 bits per heavy atom. The number of amides is 1. The topological polar surface area (TPSA) is 49.3 Å². The lowest BCUT2D eigenvalue weighted by molar-refractivity contribution is -0.121. The molecule has 3 nitrogen and oxygen atoms in total. The number of hydrogen-bond donors (Lipinski definition) is 2. The van der Waals surface area contributed by atoms with Crippen molar-refractivity contribution in [2.45, 2.75) is 45.6 Å². The molecule has 0 aliphatic carbocycles. The molecule has 1 atom stereocenters. The molecule has 0 aliphatic heterocycles. The molecule has 1 unspecified atom stereocenters. The van der Waals surface area contributed by atoms with Gasteiger partial charge in [0.05, 0.1) is 6.10 Å². The third-order valence-electron chi connectivity index (χ3n) is 3.58. The van der Waals surface area contributed by atoms with Crippen LogP contribution in [-0.2, 0) is 11.2 Å². The fourth-order valence-electron chi connectivity index (χ4n) is 2.21. The first-order valence-corrected chi connectivity index (χ1v) is 7.16. The van der Waals surface area contributed by atoms with Gasteiger partial charge in [-0.15, -0.1) is 0 Å². The Balaban J connectivity index is 2.24. The van der Waals surface area contributed by atoms with E-state index in [4.69, 9.17) is 0 Å². The van der Waals surface area contributed by atoms with Gasteiger partial charge in [0.25, 0.3) is 0 Å². The van der Waals surface area contributed by atoms with Crippen molar-refractivity contribution in [3.63, 3.8) is 0 Å². The van der Waals surface area contributed by atoms with Crippen LogP contribution in [0.5, 0.6) is 0 Å². The van der Waals surface area contributed by atoms with E-state index in [9.17, 15) is 9.90 Å². The Hall–Kier alpha value is -1.35. The third-order valence-corrected chi connectivity index (χ3v) is 3.58. The van der Waals surface area contributed by atoms with E-state index in [2.05, 4.69) is 19.2 Å². The van der Waals surface area contributed by atoms with Gasteiger partial charge in [0.15, 0.2) is 0 Å². The first kappa shape index (κ1) is 15.7. The predicted octanol–water partition coefficient (Wildman–Crippen LogP) is 2.53. The zero-order valence-corrected chi connectivity index (χ0v) is 11.9. The average Bonchev–Trinajstić information content (AvgIpc) is 2.45. The molecule has 1 aromatic rings. The maximum absolute atomic E-state index is 11.7. The van der Waals surface area contributed by atoms with Crippen LogP contribution in [0.4, 0.5) is 0 Å². The molecule has 0 bridgehead atoms. The minimum atomic E-state index is -0.435. The van der Waals surface area contributed by atoms with Crippen LogP contribution in [0.2, 0.25) is 0 Å². The molecule has 0 aliphatic rings. The van der Waals surface area contributed by atoms with E-state index >= 15 is 0 Å². The molecule has 0 fully saturated rings. The zero-order valence-electron chi connectivity index (χ0n) is 11.9. The lowest BCUT2D eigenvalue weighted by Gasteiger charge is -2.20. The Bertz CT molecular complexity index is 360. The number of carbonyl (C=O) groups excluding carboxylic acids is 1. The fourth-order valence-corrected chi connectivity index (χ4v) is 2.21. The number of aliphatic hydroxyl groups is 1. The second-order valence-corrected chi connectivity index (χ2v) is 4.93. The monoisotopic (exact) mass is 263 g/mol. The number of nitrogens with one attached hydrogen (secondary N) is 1. The molecule has 0 heterocycles. The summed E-state index contributed by atoms with van der Waals surface area (Å²) in [7, 11) is 0. The van der Waals surface area contributed by atoms with Crippen molar-refractivity contribution >= 4 is 5.91 Å². The highest BCUT2D eigenvalue weighted by Gasteiger charge is 2.15. The van der Waals surface area contributed by atoms with E-state index in [1.165, 1.54) is 0 Å². The molecule has 19 heavy (non-hydrogen) atoms. The van der Waals surface area contributed by atoms with E-state index < -0.39 is 6.10 Å². The summed E-state index contributed by atoms with van der Waals surface area (Å²) in [5, 5.41) is 12.7. The maximum atomic E-state index is 11.7.